The van der Waals surface area contributed by atoms with Gasteiger partial charge in [0, 0.05) is 44.2 Å². The molecule has 1 aromatic carbocycles. The number of fused-ring (bicyclic) bond motifs is 1. The lowest BCUT2D eigenvalue weighted by Crippen LogP contribution is -2.36. The first-order chi connectivity index (χ1) is 16.4. The maximum Gasteiger partial charge on any atom is 0.573 e. The van der Waals surface area contributed by atoms with Crippen molar-refractivity contribution in [3.05, 3.63) is 53.7 Å². The second-order valence-electron chi connectivity index (χ2n) is 8.31. The number of hydrogen-bond donors (Lipinski definition) is 1. The molecule has 2 amide bonds. The molecule has 2 N–H and O–H groups in total. The largest absolute Gasteiger partial charge is 0.573 e. The molecule has 10 nitrogen and oxygen atoms in total. The number of hydrogen-bond acceptors (Lipinski definition) is 7. The minimum absolute atomic E-state index is 0.0574. The van der Waals surface area contributed by atoms with E-state index in [1.807, 2.05) is 0 Å². The zero-order valence-corrected chi connectivity index (χ0v) is 19.0. The highest BCUT2D eigenvalue weighted by molar-refractivity contribution is 7.89. The van der Waals surface area contributed by atoms with Crippen LogP contribution in [0.2, 0.25) is 0 Å². The van der Waals surface area contributed by atoms with Crippen LogP contribution < -0.4 is 9.88 Å². The molecule has 0 radical (unpaired) electrons. The van der Waals surface area contributed by atoms with Crippen molar-refractivity contribution in [2.75, 3.05) is 26.2 Å². The summed E-state index contributed by atoms with van der Waals surface area (Å²) in [5.41, 5.74) is 0.742. The van der Waals surface area contributed by atoms with Crippen LogP contribution >= 0.6 is 0 Å². The Balaban J connectivity index is 1.26. The Bertz CT molecular complexity index is 1190. The van der Waals surface area contributed by atoms with Crippen molar-refractivity contribution in [1.29, 1.82) is 0 Å². The van der Waals surface area contributed by atoms with E-state index < -0.39 is 22.5 Å². The molecule has 0 saturated carbocycles. The van der Waals surface area contributed by atoms with E-state index >= 15 is 0 Å². The van der Waals surface area contributed by atoms with Gasteiger partial charge in [0.1, 0.15) is 12.4 Å². The minimum Gasteiger partial charge on any atom is -0.445 e. The van der Waals surface area contributed by atoms with E-state index in [9.17, 15) is 31.2 Å². The molecule has 0 spiro atoms. The van der Waals surface area contributed by atoms with E-state index in [1.54, 1.807) is 9.80 Å². The second-order valence-corrected chi connectivity index (χ2v) is 9.82. The SMILES string of the molecule is NS(=O)(=O)c1ccc(C(=O)N2C[C@H]3CN(C(=O)OCc4ccc(OC(F)(F)F)cc4)C[C@@H]3C2)cn1. The van der Waals surface area contributed by atoms with Crippen LogP contribution in [0.15, 0.2) is 47.6 Å². The molecule has 0 bridgehead atoms. The van der Waals surface area contributed by atoms with Crippen LogP contribution in [0, 0.1) is 11.8 Å². The molecule has 2 saturated heterocycles. The van der Waals surface area contributed by atoms with Gasteiger partial charge in [-0.05, 0) is 29.8 Å². The number of carbonyl (C=O) groups is 2. The number of rotatable bonds is 5. The third-order valence-electron chi connectivity index (χ3n) is 5.83. The fourth-order valence-corrected chi connectivity index (χ4v) is 4.65. The maximum atomic E-state index is 12.7. The van der Waals surface area contributed by atoms with E-state index in [4.69, 9.17) is 9.88 Å². The van der Waals surface area contributed by atoms with E-state index in [1.165, 1.54) is 30.5 Å². The summed E-state index contributed by atoms with van der Waals surface area (Å²) in [7, 11) is -3.95. The monoisotopic (exact) mass is 514 g/mol. The predicted octanol–water partition coefficient (Wildman–Crippen LogP) is 1.97. The first-order valence-electron chi connectivity index (χ1n) is 10.4. The van der Waals surface area contributed by atoms with Crippen LogP contribution in [0.5, 0.6) is 5.75 Å². The van der Waals surface area contributed by atoms with Crippen molar-refractivity contribution in [1.82, 2.24) is 14.8 Å². The van der Waals surface area contributed by atoms with E-state index in [0.717, 1.165) is 12.1 Å². The van der Waals surface area contributed by atoms with Gasteiger partial charge in [0.25, 0.3) is 15.9 Å². The number of amides is 2. The van der Waals surface area contributed by atoms with Crippen LogP contribution in [0.25, 0.3) is 0 Å². The third kappa shape index (κ3) is 6.00. The first-order valence-corrected chi connectivity index (χ1v) is 12.0. The molecule has 35 heavy (non-hydrogen) atoms. The van der Waals surface area contributed by atoms with Crippen LogP contribution in [0.3, 0.4) is 0 Å². The number of halogens is 3. The van der Waals surface area contributed by atoms with Gasteiger partial charge >= 0.3 is 12.5 Å². The van der Waals surface area contributed by atoms with Gasteiger partial charge in [0.15, 0.2) is 5.03 Å². The van der Waals surface area contributed by atoms with Gasteiger partial charge in [-0.1, -0.05) is 12.1 Å². The van der Waals surface area contributed by atoms with Crippen molar-refractivity contribution in [3.8, 4) is 5.75 Å². The standard InChI is InChI=1S/C21H21F3N4O6S/c22-21(23,24)34-17-4-1-13(2-5-17)12-33-20(30)28-10-15-8-27(9-16(15)11-28)19(29)14-3-6-18(26-7-14)35(25,31)32/h1-7,15-16H,8-12H2,(H2,25,31,32)/t15-,16-/m0/s1. The molecule has 188 valence electrons. The highest BCUT2D eigenvalue weighted by Crippen LogP contribution is 2.32. The number of nitrogens with zero attached hydrogens (tertiary/aromatic N) is 3. The lowest BCUT2D eigenvalue weighted by atomic mass is 10.0. The molecule has 1 aromatic heterocycles. The molecule has 2 atom stereocenters. The van der Waals surface area contributed by atoms with Crippen LogP contribution in [0.1, 0.15) is 15.9 Å². The van der Waals surface area contributed by atoms with Crippen LogP contribution in [-0.4, -0.2) is 67.7 Å². The highest BCUT2D eigenvalue weighted by Gasteiger charge is 2.43. The summed E-state index contributed by atoms with van der Waals surface area (Å²) >= 11 is 0. The van der Waals surface area contributed by atoms with E-state index in [2.05, 4.69) is 9.72 Å². The van der Waals surface area contributed by atoms with Gasteiger partial charge in [-0.3, -0.25) is 4.79 Å². The van der Waals surface area contributed by atoms with Gasteiger partial charge in [0.05, 0.1) is 5.56 Å². The minimum atomic E-state index is -4.78. The second kappa shape index (κ2) is 9.34. The molecule has 2 aliphatic rings. The molecule has 2 aliphatic heterocycles. The summed E-state index contributed by atoms with van der Waals surface area (Å²) < 4.78 is 68.4. The van der Waals surface area contributed by atoms with Gasteiger partial charge in [-0.15, -0.1) is 13.2 Å². The van der Waals surface area contributed by atoms with E-state index in [0.29, 0.717) is 31.7 Å². The Kier molecular flexibility index (Phi) is 6.60. The van der Waals surface area contributed by atoms with Gasteiger partial charge < -0.3 is 19.3 Å². The van der Waals surface area contributed by atoms with Crippen molar-refractivity contribution < 1.29 is 40.7 Å². The van der Waals surface area contributed by atoms with Crippen LogP contribution in [0.4, 0.5) is 18.0 Å². The molecule has 2 fully saturated rings. The average molecular weight is 514 g/mol. The molecule has 4 rings (SSSR count). The number of alkyl halides is 3. The van der Waals surface area contributed by atoms with Gasteiger partial charge in [-0.25, -0.2) is 23.3 Å². The van der Waals surface area contributed by atoms with Crippen molar-refractivity contribution in [2.24, 2.45) is 17.0 Å². The summed E-state index contributed by atoms with van der Waals surface area (Å²) in [5, 5.41) is 4.69. The Morgan fingerprint density at radius 1 is 1.00 bits per heavy atom. The lowest BCUT2D eigenvalue weighted by molar-refractivity contribution is -0.274. The fraction of sp³-hybridized carbons (Fsp3) is 0.381. The molecule has 14 heteroatoms. The Morgan fingerprint density at radius 2 is 1.60 bits per heavy atom. The zero-order valence-electron chi connectivity index (χ0n) is 18.1. The Labute approximate surface area is 198 Å². The first kappa shape index (κ1) is 24.7. The number of nitrogens with two attached hydrogens (primary N) is 1. The van der Waals surface area contributed by atoms with Crippen LogP contribution in [-0.2, 0) is 21.4 Å². The van der Waals surface area contributed by atoms with Crippen molar-refractivity contribution in [3.63, 3.8) is 0 Å². The molecule has 2 aromatic rings. The van der Waals surface area contributed by atoms with Crippen molar-refractivity contribution in [2.45, 2.75) is 18.0 Å². The summed E-state index contributed by atoms with van der Waals surface area (Å²) in [5.74, 6) is -0.543. The van der Waals surface area contributed by atoms with Crippen molar-refractivity contribution >= 4 is 22.0 Å². The third-order valence-corrected chi connectivity index (χ3v) is 6.65. The topological polar surface area (TPSA) is 132 Å². The smallest absolute Gasteiger partial charge is 0.445 e. The lowest BCUT2D eigenvalue weighted by Gasteiger charge is -2.21. The predicted molar refractivity (Wildman–Crippen MR) is 113 cm³/mol. The zero-order chi connectivity index (χ0) is 25.4. The number of ether oxygens (including phenoxy) is 2. The van der Waals surface area contributed by atoms with Gasteiger partial charge in [0.2, 0.25) is 0 Å². The molecular weight excluding hydrogens is 493 g/mol. The summed E-state index contributed by atoms with van der Waals surface area (Å²) in [6.07, 6.45) is -4.16. The number of benzene rings is 1. The summed E-state index contributed by atoms with van der Waals surface area (Å²) in [6, 6.07) is 7.56. The number of carbonyl (C=O) groups excluding carboxylic acids is 2. The normalized spacial score (nSPS) is 20.0. The summed E-state index contributed by atoms with van der Waals surface area (Å²) in [4.78, 5) is 32.1. The van der Waals surface area contributed by atoms with E-state index in [-0.39, 0.29) is 40.7 Å². The molecule has 3 heterocycles. The highest BCUT2D eigenvalue weighted by atomic mass is 32.2. The molecule has 0 unspecified atom stereocenters. The number of aromatic nitrogens is 1. The summed E-state index contributed by atoms with van der Waals surface area (Å²) in [6.45, 7) is 1.53. The maximum absolute atomic E-state index is 12.7. The van der Waals surface area contributed by atoms with Gasteiger partial charge in [-0.2, -0.15) is 0 Å². The fourth-order valence-electron chi connectivity index (χ4n) is 4.19. The molecule has 0 aliphatic carbocycles. The molecular formula is C21H21F3N4O6S. The Hall–Kier alpha value is -3.39. The number of sulfonamides is 1. The number of likely N-dealkylation sites (tertiary alicyclic amines) is 2. The number of pyridine rings is 1. The number of primary sulfonamides is 1. The average Bonchev–Trinajstić information content (AvgIpc) is 3.36. The Morgan fingerprint density at radius 3 is 2.11 bits per heavy atom. The quantitative estimate of drug-likeness (QED) is 0.645.